The molecule has 0 heterocycles. The van der Waals surface area contributed by atoms with E-state index in [1.807, 2.05) is 12.1 Å². The lowest BCUT2D eigenvalue weighted by atomic mass is 9.98. The van der Waals surface area contributed by atoms with Crippen molar-refractivity contribution >= 4 is 0 Å². The quantitative estimate of drug-likeness (QED) is 0.412. The minimum Gasteiger partial charge on any atom is -0.207 e. The van der Waals surface area contributed by atoms with Gasteiger partial charge in [-0.15, -0.1) is 0 Å². The maximum Gasteiger partial charge on any atom is 0.131 e. The molecule has 0 atom stereocenters. The molecule has 0 aliphatic carbocycles. The zero-order chi connectivity index (χ0) is 18.5. The maximum absolute atomic E-state index is 14.5. The molecule has 3 aromatic rings. The highest BCUT2D eigenvalue weighted by molar-refractivity contribution is 5.71. The zero-order valence-electron chi connectivity index (χ0n) is 14.7. The summed E-state index contributed by atoms with van der Waals surface area (Å²) in [4.78, 5) is 0. The SMILES string of the molecule is CCCCCc1ccc(-c2ccc(-c3cc(F)cc(F)c3)c(F)c2)cc1. The van der Waals surface area contributed by atoms with E-state index in [2.05, 4.69) is 19.1 Å². The van der Waals surface area contributed by atoms with Gasteiger partial charge >= 0.3 is 0 Å². The fourth-order valence-corrected chi connectivity index (χ4v) is 3.08. The van der Waals surface area contributed by atoms with E-state index in [0.717, 1.165) is 35.7 Å². The first-order valence-electron chi connectivity index (χ1n) is 8.92. The molecule has 3 heteroatoms. The Morgan fingerprint density at radius 1 is 0.654 bits per heavy atom. The van der Waals surface area contributed by atoms with Crippen LogP contribution in [0.2, 0.25) is 0 Å². The Labute approximate surface area is 152 Å². The lowest BCUT2D eigenvalue weighted by molar-refractivity contribution is 0.583. The normalized spacial score (nSPS) is 10.9. The van der Waals surface area contributed by atoms with E-state index >= 15 is 0 Å². The molecule has 0 radical (unpaired) electrons. The second kappa shape index (κ2) is 8.22. The number of unbranched alkanes of at least 4 members (excludes halogenated alkanes) is 2. The van der Waals surface area contributed by atoms with Gasteiger partial charge in [-0.05, 0) is 53.3 Å². The number of rotatable bonds is 6. The molecule has 0 nitrogen and oxygen atoms in total. The number of benzene rings is 3. The molecule has 0 saturated heterocycles. The minimum atomic E-state index is -0.720. The van der Waals surface area contributed by atoms with Crippen molar-refractivity contribution in [1.82, 2.24) is 0 Å². The second-order valence-electron chi connectivity index (χ2n) is 6.51. The summed E-state index contributed by atoms with van der Waals surface area (Å²) in [6.07, 6.45) is 4.63. The summed E-state index contributed by atoms with van der Waals surface area (Å²) >= 11 is 0. The molecule has 0 unspecified atom stereocenters. The summed E-state index contributed by atoms with van der Waals surface area (Å²) in [5, 5.41) is 0. The molecule has 3 rings (SSSR count). The van der Waals surface area contributed by atoms with E-state index in [9.17, 15) is 13.2 Å². The molecular formula is C23H21F3. The van der Waals surface area contributed by atoms with Gasteiger partial charge in [0.25, 0.3) is 0 Å². The third kappa shape index (κ3) is 4.34. The Morgan fingerprint density at radius 2 is 1.31 bits per heavy atom. The van der Waals surface area contributed by atoms with E-state index in [0.29, 0.717) is 0 Å². The molecule has 0 aliphatic heterocycles. The Morgan fingerprint density at radius 3 is 1.92 bits per heavy atom. The maximum atomic E-state index is 14.5. The third-order valence-electron chi connectivity index (χ3n) is 4.50. The van der Waals surface area contributed by atoms with E-state index in [-0.39, 0.29) is 11.1 Å². The summed E-state index contributed by atoms with van der Waals surface area (Å²) in [6, 6.07) is 15.9. The van der Waals surface area contributed by atoms with Gasteiger partial charge in [0.05, 0.1) is 0 Å². The molecular weight excluding hydrogens is 333 g/mol. The summed E-state index contributed by atoms with van der Waals surface area (Å²) in [5.74, 6) is -1.94. The fourth-order valence-electron chi connectivity index (χ4n) is 3.08. The number of hydrogen-bond acceptors (Lipinski definition) is 0. The van der Waals surface area contributed by atoms with Gasteiger partial charge in [-0.25, -0.2) is 13.2 Å². The van der Waals surface area contributed by atoms with Crippen molar-refractivity contribution in [2.24, 2.45) is 0 Å². The molecule has 26 heavy (non-hydrogen) atoms. The minimum absolute atomic E-state index is 0.184. The van der Waals surface area contributed by atoms with Crippen LogP contribution in [0.3, 0.4) is 0 Å². The van der Waals surface area contributed by atoms with Gasteiger partial charge < -0.3 is 0 Å². The topological polar surface area (TPSA) is 0 Å². The highest BCUT2D eigenvalue weighted by Gasteiger charge is 2.10. The number of hydrogen-bond donors (Lipinski definition) is 0. The van der Waals surface area contributed by atoms with E-state index in [4.69, 9.17) is 0 Å². The molecule has 0 N–H and O–H groups in total. The number of halogens is 3. The predicted octanol–water partition coefficient (Wildman–Crippen LogP) is 7.17. The molecule has 0 spiro atoms. The molecule has 0 aliphatic rings. The first-order valence-corrected chi connectivity index (χ1v) is 8.92. The van der Waals surface area contributed by atoms with Gasteiger partial charge in [0, 0.05) is 11.6 Å². The second-order valence-corrected chi connectivity index (χ2v) is 6.51. The van der Waals surface area contributed by atoms with Crippen LogP contribution < -0.4 is 0 Å². The van der Waals surface area contributed by atoms with Crippen molar-refractivity contribution in [2.45, 2.75) is 32.6 Å². The van der Waals surface area contributed by atoms with Crippen molar-refractivity contribution in [3.8, 4) is 22.3 Å². The number of aryl methyl sites for hydroxylation is 1. The Balaban J connectivity index is 1.83. The van der Waals surface area contributed by atoms with Gasteiger partial charge in [-0.1, -0.05) is 56.2 Å². The van der Waals surface area contributed by atoms with Gasteiger partial charge in [0.15, 0.2) is 0 Å². The summed E-state index contributed by atoms with van der Waals surface area (Å²) < 4.78 is 41.3. The average molecular weight is 354 g/mol. The highest BCUT2D eigenvalue weighted by atomic mass is 19.1. The van der Waals surface area contributed by atoms with Gasteiger partial charge in [0.2, 0.25) is 0 Å². The molecule has 0 fully saturated rings. The molecule has 0 amide bonds. The van der Waals surface area contributed by atoms with Gasteiger partial charge in [-0.3, -0.25) is 0 Å². The van der Waals surface area contributed by atoms with Gasteiger partial charge in [0.1, 0.15) is 17.5 Å². The van der Waals surface area contributed by atoms with E-state index < -0.39 is 17.5 Å². The monoisotopic (exact) mass is 354 g/mol. The van der Waals surface area contributed by atoms with Crippen molar-refractivity contribution in [2.75, 3.05) is 0 Å². The average Bonchev–Trinajstić information content (AvgIpc) is 2.61. The molecule has 0 bridgehead atoms. The zero-order valence-corrected chi connectivity index (χ0v) is 14.7. The Kier molecular flexibility index (Phi) is 5.77. The fraction of sp³-hybridized carbons (Fsp3) is 0.217. The lowest BCUT2D eigenvalue weighted by Gasteiger charge is -2.08. The van der Waals surface area contributed by atoms with Crippen molar-refractivity contribution in [3.63, 3.8) is 0 Å². The van der Waals surface area contributed by atoms with Crippen LogP contribution in [0, 0.1) is 17.5 Å². The molecule has 3 aromatic carbocycles. The highest BCUT2D eigenvalue weighted by Crippen LogP contribution is 2.29. The third-order valence-corrected chi connectivity index (χ3v) is 4.50. The summed E-state index contributed by atoms with van der Waals surface area (Å²) in [7, 11) is 0. The molecule has 0 saturated carbocycles. The smallest absolute Gasteiger partial charge is 0.131 e. The van der Waals surface area contributed by atoms with Crippen LogP contribution >= 0.6 is 0 Å². The standard InChI is InChI=1S/C23H21F3/c1-2-3-4-5-16-6-8-17(9-7-16)18-10-11-22(23(26)14-18)19-12-20(24)15-21(25)13-19/h6-15H,2-5H2,1H3. The predicted molar refractivity (Wildman–Crippen MR) is 100 cm³/mol. The van der Waals surface area contributed by atoms with Crippen LogP contribution in [-0.2, 0) is 6.42 Å². The Hall–Kier alpha value is -2.55. The van der Waals surface area contributed by atoms with Crippen LogP contribution in [0.15, 0.2) is 60.7 Å². The molecule has 134 valence electrons. The molecule has 0 aromatic heterocycles. The first kappa shape index (κ1) is 18.2. The van der Waals surface area contributed by atoms with Crippen LogP contribution in [0.4, 0.5) is 13.2 Å². The van der Waals surface area contributed by atoms with Crippen LogP contribution in [-0.4, -0.2) is 0 Å². The Bertz CT molecular complexity index is 862. The van der Waals surface area contributed by atoms with E-state index in [1.165, 1.54) is 30.9 Å². The van der Waals surface area contributed by atoms with Crippen LogP contribution in [0.25, 0.3) is 22.3 Å². The largest absolute Gasteiger partial charge is 0.207 e. The van der Waals surface area contributed by atoms with E-state index in [1.54, 1.807) is 12.1 Å². The van der Waals surface area contributed by atoms with Gasteiger partial charge in [-0.2, -0.15) is 0 Å². The van der Waals surface area contributed by atoms with Crippen LogP contribution in [0.5, 0.6) is 0 Å². The van der Waals surface area contributed by atoms with Crippen molar-refractivity contribution < 1.29 is 13.2 Å². The van der Waals surface area contributed by atoms with Crippen molar-refractivity contribution in [1.29, 1.82) is 0 Å². The van der Waals surface area contributed by atoms with Crippen LogP contribution in [0.1, 0.15) is 31.7 Å². The first-order chi connectivity index (χ1) is 12.6. The summed E-state index contributed by atoms with van der Waals surface area (Å²) in [6.45, 7) is 2.18. The lowest BCUT2D eigenvalue weighted by Crippen LogP contribution is -1.90. The van der Waals surface area contributed by atoms with Crippen molar-refractivity contribution in [3.05, 3.63) is 83.7 Å². The summed E-state index contributed by atoms with van der Waals surface area (Å²) in [5.41, 5.74) is 3.30.